The van der Waals surface area contributed by atoms with Crippen LogP contribution in [0, 0.1) is 0 Å². The smallest absolute Gasteiger partial charge is 0.219 e. The second-order valence-corrected chi connectivity index (χ2v) is 9.90. The fourth-order valence-corrected chi connectivity index (χ4v) is 4.92. The number of pyridine rings is 1. The Morgan fingerprint density at radius 3 is 2.75 bits per heavy atom. The number of fused-ring (bicyclic) bond motifs is 1. The summed E-state index contributed by atoms with van der Waals surface area (Å²) in [4.78, 5) is 23.9. The second-order valence-electron chi connectivity index (χ2n) is 9.90. The number of ether oxygens (including phenoxy) is 1. The lowest BCUT2D eigenvalue weighted by atomic mass is 9.93. The fourth-order valence-electron chi connectivity index (χ4n) is 4.92. The number of aromatic nitrogens is 3. The monoisotopic (exact) mass is 486 g/mol. The summed E-state index contributed by atoms with van der Waals surface area (Å²) >= 11 is 0. The number of likely N-dealkylation sites (tertiary alicyclic amines) is 1. The fraction of sp³-hybridized carbons (Fsp3) is 0.429. The van der Waals surface area contributed by atoms with Crippen molar-refractivity contribution in [3.63, 3.8) is 0 Å². The van der Waals surface area contributed by atoms with Gasteiger partial charge in [0.05, 0.1) is 17.9 Å². The predicted octanol–water partition coefficient (Wildman–Crippen LogP) is 4.22. The van der Waals surface area contributed by atoms with Crippen LogP contribution in [-0.2, 0) is 9.53 Å². The molecule has 2 N–H and O–H groups in total. The molecule has 0 aliphatic carbocycles. The third kappa shape index (κ3) is 4.91. The maximum Gasteiger partial charge on any atom is 0.219 e. The number of nitrogens with zero attached hydrogens (tertiary/aromatic N) is 5. The summed E-state index contributed by atoms with van der Waals surface area (Å²) in [6.07, 6.45) is 8.31. The molecule has 1 aromatic carbocycles. The van der Waals surface area contributed by atoms with E-state index in [0.29, 0.717) is 31.2 Å². The lowest BCUT2D eigenvalue weighted by Crippen LogP contribution is -2.40. The van der Waals surface area contributed by atoms with Gasteiger partial charge >= 0.3 is 0 Å². The molecule has 2 aliphatic rings. The zero-order chi connectivity index (χ0) is 25.2. The largest absolute Gasteiger partial charge is 0.398 e. The molecule has 0 radical (unpaired) electrons. The molecule has 8 nitrogen and oxygen atoms in total. The second kappa shape index (κ2) is 10.2. The van der Waals surface area contributed by atoms with Crippen LogP contribution in [0.15, 0.2) is 53.4 Å². The van der Waals surface area contributed by atoms with Crippen LogP contribution in [0.4, 0.5) is 0 Å². The van der Waals surface area contributed by atoms with Crippen LogP contribution in [0.3, 0.4) is 0 Å². The van der Waals surface area contributed by atoms with Crippen molar-refractivity contribution in [2.75, 3.05) is 26.3 Å². The highest BCUT2D eigenvalue weighted by molar-refractivity contribution is 6.10. The molecular weight excluding hydrogens is 452 g/mol. The van der Waals surface area contributed by atoms with Gasteiger partial charge in [0.15, 0.2) is 0 Å². The van der Waals surface area contributed by atoms with E-state index in [2.05, 4.69) is 31.1 Å². The number of carbonyl (C=O) groups is 1. The summed E-state index contributed by atoms with van der Waals surface area (Å²) in [5.41, 5.74) is 12.3. The van der Waals surface area contributed by atoms with Gasteiger partial charge in [0, 0.05) is 91.6 Å². The molecule has 2 saturated heterocycles. The highest BCUT2D eigenvalue weighted by atomic mass is 16.5. The molecule has 0 saturated carbocycles. The van der Waals surface area contributed by atoms with E-state index >= 15 is 0 Å². The Balaban J connectivity index is 1.55. The van der Waals surface area contributed by atoms with E-state index in [-0.39, 0.29) is 11.9 Å². The minimum Gasteiger partial charge on any atom is -0.398 e. The first-order chi connectivity index (χ1) is 17.4. The average molecular weight is 487 g/mol. The van der Waals surface area contributed by atoms with Crippen molar-refractivity contribution in [3.05, 3.63) is 54.0 Å². The van der Waals surface area contributed by atoms with Crippen LogP contribution in [0.1, 0.15) is 51.6 Å². The van der Waals surface area contributed by atoms with E-state index in [0.717, 1.165) is 64.9 Å². The van der Waals surface area contributed by atoms with Crippen molar-refractivity contribution in [2.24, 2.45) is 10.7 Å². The van der Waals surface area contributed by atoms with Gasteiger partial charge in [-0.1, -0.05) is 18.2 Å². The molecule has 1 amide bonds. The Bertz CT molecular complexity index is 1330. The highest BCUT2D eigenvalue weighted by Gasteiger charge is 2.26. The first-order valence-corrected chi connectivity index (χ1v) is 12.7. The van der Waals surface area contributed by atoms with Gasteiger partial charge in [-0.3, -0.25) is 19.5 Å². The van der Waals surface area contributed by atoms with Gasteiger partial charge in [0.1, 0.15) is 0 Å². The van der Waals surface area contributed by atoms with Gasteiger partial charge in [0.25, 0.3) is 0 Å². The molecule has 0 unspecified atom stereocenters. The predicted molar refractivity (Wildman–Crippen MR) is 143 cm³/mol. The zero-order valence-electron chi connectivity index (χ0n) is 21.3. The number of aliphatic imine (C=N–C) groups is 1. The molecule has 188 valence electrons. The Kier molecular flexibility index (Phi) is 6.87. The number of hydrogen-bond donors (Lipinski definition) is 1. The van der Waals surface area contributed by atoms with Gasteiger partial charge in [-0.25, -0.2) is 0 Å². The first kappa shape index (κ1) is 24.2. The third-order valence-corrected chi connectivity index (χ3v) is 7.10. The lowest BCUT2D eigenvalue weighted by Gasteiger charge is -2.31. The van der Waals surface area contributed by atoms with E-state index in [1.54, 1.807) is 6.92 Å². The van der Waals surface area contributed by atoms with Crippen molar-refractivity contribution in [1.29, 1.82) is 0 Å². The lowest BCUT2D eigenvalue weighted by molar-refractivity contribution is -0.128. The summed E-state index contributed by atoms with van der Waals surface area (Å²) in [7, 11) is 0. The molecule has 0 bridgehead atoms. The molecular formula is C28H34N6O2. The number of rotatable bonds is 4. The molecule has 36 heavy (non-hydrogen) atoms. The van der Waals surface area contributed by atoms with Crippen LogP contribution in [-0.4, -0.2) is 63.6 Å². The SMILES string of the molecule is CC(=O)N1CCC(=NC2CCOCC2)/C(=C(\N)c2cccc3cc(-c4cnn(C(C)C)c4)ncc23)C1. The summed E-state index contributed by atoms with van der Waals surface area (Å²) < 4.78 is 7.45. The number of piperidine rings is 1. The summed E-state index contributed by atoms with van der Waals surface area (Å²) in [5, 5.41) is 6.49. The van der Waals surface area contributed by atoms with Crippen molar-refractivity contribution >= 4 is 28.1 Å². The third-order valence-electron chi connectivity index (χ3n) is 7.10. The normalized spacial score (nSPS) is 19.9. The summed E-state index contributed by atoms with van der Waals surface area (Å²) in [6.45, 7) is 8.43. The summed E-state index contributed by atoms with van der Waals surface area (Å²) in [5.74, 6) is 0.0524. The zero-order valence-corrected chi connectivity index (χ0v) is 21.3. The summed E-state index contributed by atoms with van der Waals surface area (Å²) in [6, 6.07) is 8.74. The maximum absolute atomic E-state index is 12.2. The molecule has 5 rings (SSSR count). The molecule has 8 heteroatoms. The first-order valence-electron chi connectivity index (χ1n) is 12.7. The van der Waals surface area contributed by atoms with Crippen molar-refractivity contribution < 1.29 is 9.53 Å². The Morgan fingerprint density at radius 1 is 1.22 bits per heavy atom. The minimum absolute atomic E-state index is 0.0524. The number of carbonyl (C=O) groups excluding carboxylic acids is 1. The highest BCUT2D eigenvalue weighted by Crippen LogP contribution is 2.30. The topological polar surface area (TPSA) is 98.6 Å². The number of benzene rings is 1. The van der Waals surface area contributed by atoms with Crippen molar-refractivity contribution in [2.45, 2.75) is 52.1 Å². The molecule has 0 spiro atoms. The van der Waals surface area contributed by atoms with Crippen LogP contribution in [0.2, 0.25) is 0 Å². The van der Waals surface area contributed by atoms with E-state index in [9.17, 15) is 4.79 Å². The number of nitrogens with two attached hydrogens (primary N) is 1. The Hall–Kier alpha value is -3.52. The van der Waals surface area contributed by atoms with Crippen LogP contribution < -0.4 is 5.73 Å². The van der Waals surface area contributed by atoms with Gasteiger partial charge in [0.2, 0.25) is 5.91 Å². The van der Waals surface area contributed by atoms with E-state index in [4.69, 9.17) is 20.4 Å². The van der Waals surface area contributed by atoms with Gasteiger partial charge in [-0.2, -0.15) is 5.10 Å². The van der Waals surface area contributed by atoms with E-state index in [1.165, 1.54) is 0 Å². The van der Waals surface area contributed by atoms with E-state index in [1.807, 2.05) is 40.3 Å². The Labute approximate surface area is 211 Å². The average Bonchev–Trinajstić information content (AvgIpc) is 3.39. The van der Waals surface area contributed by atoms with Crippen molar-refractivity contribution in [3.8, 4) is 11.3 Å². The minimum atomic E-state index is 0.0524. The Morgan fingerprint density at radius 2 is 2.03 bits per heavy atom. The standard InChI is InChI=1S/C28H34N6O2/c1-18(2)34-16-21(14-31-34)27-13-20-5-4-6-23(24(20)15-30-27)28(29)25-17-33(19(3)35)10-7-26(25)32-22-8-11-36-12-9-22/h4-6,13-16,18,22H,7-12,17,29H2,1-3H3/b28-25-,32-26?. The maximum atomic E-state index is 12.2. The molecule has 3 aromatic rings. The van der Waals surface area contributed by atoms with Crippen LogP contribution >= 0.6 is 0 Å². The number of hydrogen-bond acceptors (Lipinski definition) is 6. The quantitative estimate of drug-likeness (QED) is 0.595. The van der Waals surface area contributed by atoms with Crippen LogP contribution in [0.25, 0.3) is 27.7 Å². The van der Waals surface area contributed by atoms with Crippen molar-refractivity contribution in [1.82, 2.24) is 19.7 Å². The molecule has 2 aromatic heterocycles. The van der Waals surface area contributed by atoms with Gasteiger partial charge < -0.3 is 15.4 Å². The van der Waals surface area contributed by atoms with Crippen LogP contribution in [0.5, 0.6) is 0 Å². The molecule has 0 atom stereocenters. The molecule has 2 aliphatic heterocycles. The molecule has 2 fully saturated rings. The van der Waals surface area contributed by atoms with E-state index < -0.39 is 0 Å². The molecule has 4 heterocycles. The van der Waals surface area contributed by atoms with Gasteiger partial charge in [-0.15, -0.1) is 0 Å². The van der Waals surface area contributed by atoms with Gasteiger partial charge in [-0.05, 0) is 38.1 Å². The number of amides is 1.